The number of hydrogen-bond donors (Lipinski definition) is 1. The molecule has 7 heteroatoms. The second-order valence-electron chi connectivity index (χ2n) is 4.22. The van der Waals surface area contributed by atoms with Crippen LogP contribution >= 0.6 is 0 Å². The molecule has 1 N–H and O–H groups in total. The van der Waals surface area contributed by atoms with Gasteiger partial charge in [-0.2, -0.15) is 5.10 Å². The van der Waals surface area contributed by atoms with Gasteiger partial charge in [0.05, 0.1) is 16.7 Å². The van der Waals surface area contributed by atoms with E-state index in [2.05, 4.69) is 10.4 Å². The van der Waals surface area contributed by atoms with Crippen LogP contribution in [-0.4, -0.2) is 14.7 Å². The third-order valence-corrected chi connectivity index (χ3v) is 2.69. The van der Waals surface area contributed by atoms with Gasteiger partial charge in [-0.05, 0) is 13.0 Å². The Morgan fingerprint density at radius 1 is 1.47 bits per heavy atom. The number of hydrogen-bond acceptors (Lipinski definition) is 4. The first-order chi connectivity index (χ1) is 8.95. The van der Waals surface area contributed by atoms with E-state index in [9.17, 15) is 14.5 Å². The standard InChI is InChI=1S/C12H13FN4O2/c1-8-9(7-16(2)15-8)6-14-11-3-10(13)4-12(5-11)17(18)19/h3-5,7,14H,6H2,1-2H3. The first-order valence-corrected chi connectivity index (χ1v) is 5.63. The summed E-state index contributed by atoms with van der Waals surface area (Å²) >= 11 is 0. The molecular weight excluding hydrogens is 251 g/mol. The molecule has 1 aromatic heterocycles. The number of benzene rings is 1. The Morgan fingerprint density at radius 2 is 2.21 bits per heavy atom. The van der Waals surface area contributed by atoms with Crippen molar-refractivity contribution < 1.29 is 9.31 Å². The van der Waals surface area contributed by atoms with Gasteiger partial charge in [-0.25, -0.2) is 4.39 Å². The molecule has 0 fully saturated rings. The van der Waals surface area contributed by atoms with Crippen molar-refractivity contribution >= 4 is 11.4 Å². The maximum absolute atomic E-state index is 13.2. The number of nitro groups is 1. The van der Waals surface area contributed by atoms with Crippen molar-refractivity contribution in [3.63, 3.8) is 0 Å². The lowest BCUT2D eigenvalue weighted by Crippen LogP contribution is -2.01. The Morgan fingerprint density at radius 3 is 2.79 bits per heavy atom. The van der Waals surface area contributed by atoms with Crippen LogP contribution in [0.2, 0.25) is 0 Å². The molecule has 0 saturated heterocycles. The van der Waals surface area contributed by atoms with Gasteiger partial charge < -0.3 is 5.32 Å². The van der Waals surface area contributed by atoms with Crippen LogP contribution in [0.5, 0.6) is 0 Å². The number of nitrogens with zero attached hydrogens (tertiary/aromatic N) is 3. The molecule has 0 aliphatic rings. The van der Waals surface area contributed by atoms with Crippen LogP contribution in [-0.2, 0) is 13.6 Å². The molecule has 6 nitrogen and oxygen atoms in total. The number of nitro benzene ring substituents is 1. The summed E-state index contributed by atoms with van der Waals surface area (Å²) in [4.78, 5) is 10.0. The molecule has 0 spiro atoms. The lowest BCUT2D eigenvalue weighted by molar-refractivity contribution is -0.385. The lowest BCUT2D eigenvalue weighted by Gasteiger charge is -2.05. The van der Waals surface area contributed by atoms with Crippen LogP contribution < -0.4 is 5.32 Å². The summed E-state index contributed by atoms with van der Waals surface area (Å²) in [6.07, 6.45) is 1.84. The van der Waals surface area contributed by atoms with Gasteiger partial charge in [-0.15, -0.1) is 0 Å². The minimum atomic E-state index is -0.639. The van der Waals surface area contributed by atoms with E-state index in [0.717, 1.165) is 17.3 Å². The zero-order valence-electron chi connectivity index (χ0n) is 10.6. The molecule has 19 heavy (non-hydrogen) atoms. The highest BCUT2D eigenvalue weighted by Crippen LogP contribution is 2.20. The normalized spacial score (nSPS) is 10.5. The minimum Gasteiger partial charge on any atom is -0.381 e. The molecule has 1 heterocycles. The summed E-state index contributed by atoms with van der Waals surface area (Å²) in [6, 6.07) is 3.41. The number of rotatable bonds is 4. The highest BCUT2D eigenvalue weighted by Gasteiger charge is 2.10. The van der Waals surface area contributed by atoms with Gasteiger partial charge >= 0.3 is 0 Å². The van der Waals surface area contributed by atoms with Crippen LogP contribution in [0.3, 0.4) is 0 Å². The van der Waals surface area contributed by atoms with E-state index in [1.807, 2.05) is 20.2 Å². The monoisotopic (exact) mass is 264 g/mol. The Balaban J connectivity index is 2.15. The first-order valence-electron chi connectivity index (χ1n) is 5.63. The highest BCUT2D eigenvalue weighted by molar-refractivity contribution is 5.51. The predicted molar refractivity (Wildman–Crippen MR) is 68.3 cm³/mol. The maximum Gasteiger partial charge on any atom is 0.274 e. The zero-order chi connectivity index (χ0) is 14.0. The molecule has 0 aliphatic carbocycles. The van der Waals surface area contributed by atoms with Crippen molar-refractivity contribution in [1.29, 1.82) is 0 Å². The predicted octanol–water partition coefficient (Wildman–Crippen LogP) is 2.39. The highest BCUT2D eigenvalue weighted by atomic mass is 19.1. The number of nitrogens with one attached hydrogen (secondary N) is 1. The van der Waals surface area contributed by atoms with E-state index in [1.54, 1.807) is 4.68 Å². The molecule has 2 rings (SSSR count). The topological polar surface area (TPSA) is 73.0 Å². The Bertz CT molecular complexity index is 624. The number of aryl methyl sites for hydroxylation is 2. The fourth-order valence-corrected chi connectivity index (χ4v) is 1.80. The third kappa shape index (κ3) is 3.06. The van der Waals surface area contributed by atoms with Crippen molar-refractivity contribution in [2.75, 3.05) is 5.32 Å². The summed E-state index contributed by atoms with van der Waals surface area (Å²) in [5, 5.41) is 17.8. The third-order valence-electron chi connectivity index (χ3n) is 2.69. The first kappa shape index (κ1) is 13.0. The fraction of sp³-hybridized carbons (Fsp3) is 0.250. The molecule has 0 saturated carbocycles. The van der Waals surface area contributed by atoms with Gasteiger partial charge in [0, 0.05) is 37.1 Å². The van der Waals surface area contributed by atoms with Crippen molar-refractivity contribution in [3.05, 3.63) is 51.6 Å². The van der Waals surface area contributed by atoms with Gasteiger partial charge in [0.2, 0.25) is 0 Å². The van der Waals surface area contributed by atoms with Crippen molar-refractivity contribution in [3.8, 4) is 0 Å². The number of aromatic nitrogens is 2. The smallest absolute Gasteiger partial charge is 0.274 e. The molecule has 0 amide bonds. The molecule has 2 aromatic rings. The van der Waals surface area contributed by atoms with Gasteiger partial charge in [0.1, 0.15) is 5.82 Å². The molecule has 0 radical (unpaired) electrons. The van der Waals surface area contributed by atoms with E-state index < -0.39 is 10.7 Å². The quantitative estimate of drug-likeness (QED) is 0.679. The van der Waals surface area contributed by atoms with E-state index in [1.165, 1.54) is 12.1 Å². The number of anilines is 1. The molecule has 100 valence electrons. The molecule has 0 aliphatic heterocycles. The second-order valence-corrected chi connectivity index (χ2v) is 4.22. The van der Waals surface area contributed by atoms with Crippen LogP contribution in [0.1, 0.15) is 11.3 Å². The lowest BCUT2D eigenvalue weighted by atomic mass is 10.2. The van der Waals surface area contributed by atoms with Crippen molar-refractivity contribution in [2.45, 2.75) is 13.5 Å². The summed E-state index contributed by atoms with van der Waals surface area (Å²) in [5.41, 5.74) is 1.91. The van der Waals surface area contributed by atoms with Gasteiger partial charge in [0.25, 0.3) is 5.69 Å². The summed E-state index contributed by atoms with van der Waals surface area (Å²) in [7, 11) is 1.81. The van der Waals surface area contributed by atoms with E-state index in [4.69, 9.17) is 0 Å². The van der Waals surface area contributed by atoms with Crippen LogP contribution in [0.15, 0.2) is 24.4 Å². The van der Waals surface area contributed by atoms with Gasteiger partial charge in [-0.3, -0.25) is 14.8 Å². The summed E-state index contributed by atoms with van der Waals surface area (Å²) in [5.74, 6) is -0.639. The second kappa shape index (κ2) is 5.05. The van der Waals surface area contributed by atoms with Crippen LogP contribution in [0.4, 0.5) is 15.8 Å². The average Bonchev–Trinajstić information content (AvgIpc) is 2.64. The Kier molecular flexibility index (Phi) is 3.46. The SMILES string of the molecule is Cc1nn(C)cc1CNc1cc(F)cc([N+](=O)[O-])c1. The average molecular weight is 264 g/mol. The molecular formula is C12H13FN4O2. The van der Waals surface area contributed by atoms with Gasteiger partial charge in [0.15, 0.2) is 0 Å². The van der Waals surface area contributed by atoms with Gasteiger partial charge in [-0.1, -0.05) is 0 Å². The van der Waals surface area contributed by atoms with E-state index >= 15 is 0 Å². The zero-order valence-corrected chi connectivity index (χ0v) is 10.6. The Hall–Kier alpha value is -2.44. The summed E-state index contributed by atoms with van der Waals surface area (Å²) < 4.78 is 14.9. The fourth-order valence-electron chi connectivity index (χ4n) is 1.80. The molecule has 1 aromatic carbocycles. The number of non-ortho nitro benzene ring substituents is 1. The minimum absolute atomic E-state index is 0.273. The van der Waals surface area contributed by atoms with E-state index in [0.29, 0.717) is 12.2 Å². The number of halogens is 1. The van der Waals surface area contributed by atoms with Crippen LogP contribution in [0, 0.1) is 22.9 Å². The molecule has 0 unspecified atom stereocenters. The maximum atomic E-state index is 13.2. The summed E-state index contributed by atoms with van der Waals surface area (Å²) in [6.45, 7) is 2.30. The molecule has 0 bridgehead atoms. The largest absolute Gasteiger partial charge is 0.381 e. The molecule has 0 atom stereocenters. The van der Waals surface area contributed by atoms with E-state index in [-0.39, 0.29) is 5.69 Å². The van der Waals surface area contributed by atoms with Crippen molar-refractivity contribution in [1.82, 2.24) is 9.78 Å². The van der Waals surface area contributed by atoms with Crippen molar-refractivity contribution in [2.24, 2.45) is 7.05 Å². The van der Waals surface area contributed by atoms with Crippen LogP contribution in [0.25, 0.3) is 0 Å². The Labute approximate surface area is 109 Å².